The molecular weight excluding hydrogens is 935 g/mol. The van der Waals surface area contributed by atoms with Crippen LogP contribution < -0.4 is 37.5 Å². The summed E-state index contributed by atoms with van der Waals surface area (Å²) < 4.78 is 8.53. The Morgan fingerprint density at radius 3 is 1.86 bits per heavy atom. The Bertz CT molecular complexity index is 2010. The summed E-state index contributed by atoms with van der Waals surface area (Å²) in [7, 11) is 4.98. The zero-order chi connectivity index (χ0) is 55.5. The third-order valence-electron chi connectivity index (χ3n) is 11.1. The van der Waals surface area contributed by atoms with Gasteiger partial charge in [-0.25, -0.2) is 4.79 Å². The van der Waals surface area contributed by atoms with Crippen LogP contribution in [-0.2, 0) is 50.2 Å². The summed E-state index contributed by atoms with van der Waals surface area (Å²) in [6.07, 6.45) is 6.53. The van der Waals surface area contributed by atoms with Crippen molar-refractivity contribution in [2.45, 2.75) is 169 Å². The van der Waals surface area contributed by atoms with Gasteiger partial charge in [0.05, 0.1) is 12.1 Å². The lowest BCUT2D eigenvalue weighted by molar-refractivity contribution is -0.140. The first-order valence-corrected chi connectivity index (χ1v) is 26.0. The number of carbonyl (C=O) groups excluding carboxylic acids is 7. The fourth-order valence-electron chi connectivity index (χ4n) is 7.12. The molecule has 3 atom stereocenters. The monoisotopic (exact) mass is 1030 g/mol. The number of carbonyl (C=O) groups is 7. The SMILES string of the molecule is CCC.CCC.CNCCCC(NC(=O)CN)C(=O)NC1(c2ccc(CSNC(=O)/C(C)=C/CN(C)C(=O)C(NC(=O)C(N(C)C(=O)OC(C)(C)C)C(C)(C)c3ccccc3)C(C)(C)C)cc2)CC1.NC=O. The van der Waals surface area contributed by atoms with Gasteiger partial charge in [-0.15, -0.1) is 0 Å². The van der Waals surface area contributed by atoms with Crippen molar-refractivity contribution in [2.24, 2.45) is 16.9 Å². The predicted octanol–water partition coefficient (Wildman–Crippen LogP) is 6.58. The lowest BCUT2D eigenvalue weighted by Crippen LogP contribution is -2.62. The molecule has 17 nitrogen and oxygen atoms in total. The van der Waals surface area contributed by atoms with Crippen LogP contribution in [0, 0.1) is 5.41 Å². The normalized spacial score (nSPS) is 14.0. The molecule has 18 heteroatoms. The Balaban J connectivity index is 0.00000519. The van der Waals surface area contributed by atoms with E-state index < -0.39 is 52.1 Å². The molecule has 0 saturated heterocycles. The smallest absolute Gasteiger partial charge is 0.410 e. The van der Waals surface area contributed by atoms with E-state index in [4.69, 9.17) is 15.3 Å². The number of hydrogen-bond donors (Lipinski definition) is 7. The molecule has 0 radical (unpaired) electrons. The maximum atomic E-state index is 14.4. The van der Waals surface area contributed by atoms with E-state index in [0.717, 1.165) is 42.5 Å². The Hall–Kier alpha value is -5.46. The fourth-order valence-corrected chi connectivity index (χ4v) is 7.85. The molecule has 0 spiro atoms. The first-order valence-electron chi connectivity index (χ1n) is 25.0. The number of rotatable bonds is 21. The molecule has 0 heterocycles. The van der Waals surface area contributed by atoms with Crippen LogP contribution in [0.25, 0.3) is 0 Å². The number of nitrogens with one attached hydrogen (secondary N) is 5. The van der Waals surface area contributed by atoms with Crippen LogP contribution in [-0.4, -0.2) is 116 Å². The molecule has 0 aliphatic heterocycles. The molecule has 3 unspecified atom stereocenters. The molecule has 406 valence electrons. The number of nitrogens with two attached hydrogens (primary N) is 2. The van der Waals surface area contributed by atoms with Crippen molar-refractivity contribution in [1.82, 2.24) is 35.8 Å². The van der Waals surface area contributed by atoms with Gasteiger partial charge >= 0.3 is 6.09 Å². The van der Waals surface area contributed by atoms with Gasteiger partial charge in [0.25, 0.3) is 5.91 Å². The van der Waals surface area contributed by atoms with E-state index in [1.165, 1.54) is 41.6 Å². The molecule has 1 aliphatic carbocycles. The standard InChI is InChI=1S/C47H72N8O7S.2C3H8.CH3NO/c1-31(39(57)53-63-30-32-20-22-34(23-21-32)47(25-26-47)52-40(58)35(19-16-27-49-10)50-36(56)29-48)24-28-54(11)42(60)37(44(2,3)4)51-41(59)38(55(12)43(61)62-45(5,6)7)46(8,9)33-17-14-13-15-18-33;2*1-3-2;2-1-3/h13-15,17-18,20-24,35,37-38,49H,16,19,25-30,48H2,1-12H3,(H,50,56)(H,51,59)(H,52,58)(H,53,57);2*3H2,1-2H3;1H,(H2,2,3)/b31-24+;;;. The van der Waals surface area contributed by atoms with Crippen molar-refractivity contribution in [3.63, 3.8) is 0 Å². The maximum Gasteiger partial charge on any atom is 0.410 e. The van der Waals surface area contributed by atoms with E-state index in [2.05, 4.69) is 59.4 Å². The second-order valence-corrected chi connectivity index (χ2v) is 21.4. The van der Waals surface area contributed by atoms with E-state index in [-0.39, 0.29) is 43.1 Å². The van der Waals surface area contributed by atoms with Gasteiger partial charge in [0.1, 0.15) is 23.7 Å². The Morgan fingerprint density at radius 2 is 1.39 bits per heavy atom. The second-order valence-electron chi connectivity index (χ2n) is 20.6. The summed E-state index contributed by atoms with van der Waals surface area (Å²) in [5.41, 5.74) is 9.96. The largest absolute Gasteiger partial charge is 0.444 e. The average Bonchev–Trinajstić information content (AvgIpc) is 4.09. The van der Waals surface area contributed by atoms with E-state index in [1.807, 2.05) is 96.3 Å². The average molecular weight is 1030 g/mol. The zero-order valence-electron chi connectivity index (χ0n) is 46.4. The van der Waals surface area contributed by atoms with Crippen molar-refractivity contribution < 1.29 is 38.3 Å². The van der Waals surface area contributed by atoms with E-state index in [9.17, 15) is 28.8 Å². The minimum Gasteiger partial charge on any atom is -0.444 e. The number of likely N-dealkylation sites (N-methyl/N-ethyl adjacent to an activating group) is 2. The third kappa shape index (κ3) is 23.4. The summed E-state index contributed by atoms with van der Waals surface area (Å²) in [4.78, 5) is 91.5. The highest BCUT2D eigenvalue weighted by Crippen LogP contribution is 2.45. The van der Waals surface area contributed by atoms with Crippen molar-refractivity contribution in [3.05, 3.63) is 82.9 Å². The predicted molar refractivity (Wildman–Crippen MR) is 291 cm³/mol. The third-order valence-corrected chi connectivity index (χ3v) is 11.9. The first-order chi connectivity index (χ1) is 33.6. The molecule has 1 fully saturated rings. The van der Waals surface area contributed by atoms with Gasteiger partial charge < -0.3 is 42.4 Å². The van der Waals surface area contributed by atoms with Crippen LogP contribution in [0.5, 0.6) is 0 Å². The van der Waals surface area contributed by atoms with Crippen molar-refractivity contribution >= 4 is 54.0 Å². The highest BCUT2D eigenvalue weighted by molar-refractivity contribution is 7.97. The van der Waals surface area contributed by atoms with Crippen LogP contribution in [0.4, 0.5) is 4.79 Å². The van der Waals surface area contributed by atoms with Crippen molar-refractivity contribution in [2.75, 3.05) is 40.8 Å². The molecule has 1 aliphatic rings. The number of amides is 7. The molecule has 72 heavy (non-hydrogen) atoms. The summed E-state index contributed by atoms with van der Waals surface area (Å²) in [6, 6.07) is 14.6. The minimum absolute atomic E-state index is 0.109. The summed E-state index contributed by atoms with van der Waals surface area (Å²) in [5.74, 6) is -1.29. The highest BCUT2D eigenvalue weighted by Gasteiger charge is 2.47. The first kappa shape index (κ1) is 66.5. The molecule has 9 N–H and O–H groups in total. The van der Waals surface area contributed by atoms with Gasteiger partial charge in [-0.05, 0) is 101 Å². The van der Waals surface area contributed by atoms with Crippen LogP contribution in [0.3, 0.4) is 0 Å². The van der Waals surface area contributed by atoms with Crippen LogP contribution in [0.1, 0.15) is 145 Å². The van der Waals surface area contributed by atoms with E-state index >= 15 is 0 Å². The number of benzene rings is 2. The summed E-state index contributed by atoms with van der Waals surface area (Å²) in [5, 5.41) is 12.0. The van der Waals surface area contributed by atoms with Crippen LogP contribution >= 0.6 is 11.9 Å². The Morgan fingerprint density at radius 1 is 0.847 bits per heavy atom. The van der Waals surface area contributed by atoms with Gasteiger partial charge in [-0.1, -0.05) is 136 Å². The Labute approximate surface area is 436 Å². The lowest BCUT2D eigenvalue weighted by atomic mass is 9.76. The molecule has 2 aromatic rings. The second kappa shape index (κ2) is 32.6. The number of ether oxygens (including phenoxy) is 1. The van der Waals surface area contributed by atoms with Gasteiger partial charge in [0, 0.05) is 37.4 Å². The van der Waals surface area contributed by atoms with Gasteiger partial charge in [0.15, 0.2) is 0 Å². The number of primary amides is 1. The van der Waals surface area contributed by atoms with Crippen molar-refractivity contribution in [3.8, 4) is 0 Å². The maximum absolute atomic E-state index is 14.4. The van der Waals surface area contributed by atoms with E-state index in [0.29, 0.717) is 17.7 Å². The molecule has 7 amide bonds. The fraction of sp³-hybridized carbons (Fsp3) is 0.611. The minimum atomic E-state index is -1.05. The molecule has 3 rings (SSSR count). The van der Waals surface area contributed by atoms with E-state index in [1.54, 1.807) is 40.8 Å². The van der Waals surface area contributed by atoms with Gasteiger partial charge in [-0.2, -0.15) is 0 Å². The van der Waals surface area contributed by atoms with Crippen LogP contribution in [0.2, 0.25) is 0 Å². The molecule has 0 aromatic heterocycles. The van der Waals surface area contributed by atoms with Crippen molar-refractivity contribution in [1.29, 1.82) is 0 Å². The molecule has 1 saturated carbocycles. The quantitative estimate of drug-likeness (QED) is 0.0305. The Kier molecular flexibility index (Phi) is 30.1. The topological polar surface area (TPSA) is 247 Å². The highest BCUT2D eigenvalue weighted by atomic mass is 32.2. The molecule has 0 bridgehead atoms. The summed E-state index contributed by atoms with van der Waals surface area (Å²) >= 11 is 1.24. The lowest BCUT2D eigenvalue weighted by Gasteiger charge is -2.42. The summed E-state index contributed by atoms with van der Waals surface area (Å²) in [6.45, 7) is 25.4. The number of hydrogen-bond acceptors (Lipinski definition) is 11. The van der Waals surface area contributed by atoms with Gasteiger partial charge in [0.2, 0.25) is 30.0 Å². The molecule has 2 aromatic carbocycles. The molecular formula is C54H91N9O8S. The van der Waals surface area contributed by atoms with Gasteiger partial charge in [-0.3, -0.25) is 38.4 Å². The zero-order valence-corrected chi connectivity index (χ0v) is 47.2. The van der Waals surface area contributed by atoms with Crippen LogP contribution in [0.15, 0.2) is 66.2 Å². The number of nitrogens with zero attached hydrogens (tertiary/aromatic N) is 2.